The van der Waals surface area contributed by atoms with Crippen LogP contribution in [0.3, 0.4) is 0 Å². The molecule has 1 aliphatic carbocycles. The van der Waals surface area contributed by atoms with E-state index in [1.807, 2.05) is 25.1 Å². The summed E-state index contributed by atoms with van der Waals surface area (Å²) in [6.07, 6.45) is 0.614. The van der Waals surface area contributed by atoms with Gasteiger partial charge in [0.2, 0.25) is 0 Å². The lowest BCUT2D eigenvalue weighted by Crippen LogP contribution is -2.14. The average molecular weight is 461 g/mol. The Morgan fingerprint density at radius 2 is 1.38 bits per heavy atom. The predicted molar refractivity (Wildman–Crippen MR) is 129 cm³/mol. The van der Waals surface area contributed by atoms with Gasteiger partial charge in [0.25, 0.3) is 0 Å². The fourth-order valence-electron chi connectivity index (χ4n) is 3.70. The van der Waals surface area contributed by atoms with Crippen molar-refractivity contribution in [3.8, 4) is 22.6 Å². The van der Waals surface area contributed by atoms with E-state index in [4.69, 9.17) is 14.2 Å². The third-order valence-electron chi connectivity index (χ3n) is 5.48. The molecule has 1 aliphatic rings. The second kappa shape index (κ2) is 9.91. The molecule has 2 aromatic rings. The molecule has 0 aromatic heterocycles. The van der Waals surface area contributed by atoms with Gasteiger partial charge in [0.15, 0.2) is 0 Å². The Hall–Kier alpha value is -3.93. The first-order valence-corrected chi connectivity index (χ1v) is 10.9. The van der Waals surface area contributed by atoms with E-state index < -0.39 is 24.0 Å². The summed E-state index contributed by atoms with van der Waals surface area (Å²) in [4.78, 5) is 36.4. The molecule has 0 N–H and O–H groups in total. The first-order valence-electron chi connectivity index (χ1n) is 10.9. The highest BCUT2D eigenvalue weighted by Gasteiger charge is 2.33. The number of carbonyl (C=O) groups is 3. The number of hydrogen-bond donors (Lipinski definition) is 0. The van der Waals surface area contributed by atoms with Crippen LogP contribution in [0.15, 0.2) is 66.8 Å². The summed E-state index contributed by atoms with van der Waals surface area (Å²) in [6.45, 7) is 17.5. The van der Waals surface area contributed by atoms with Gasteiger partial charge in [0.1, 0.15) is 17.6 Å². The minimum absolute atomic E-state index is 0.266. The summed E-state index contributed by atoms with van der Waals surface area (Å²) in [5, 5.41) is 0. The summed E-state index contributed by atoms with van der Waals surface area (Å²) >= 11 is 0. The van der Waals surface area contributed by atoms with Crippen molar-refractivity contribution in [3.63, 3.8) is 0 Å². The van der Waals surface area contributed by atoms with Gasteiger partial charge in [-0.3, -0.25) is 0 Å². The van der Waals surface area contributed by atoms with Gasteiger partial charge in [0, 0.05) is 22.3 Å². The molecule has 0 spiro atoms. The normalized spacial score (nSPS) is 14.1. The van der Waals surface area contributed by atoms with Crippen LogP contribution in [-0.2, 0) is 25.5 Å². The number of fused-ring (bicyclic) bond motifs is 1. The van der Waals surface area contributed by atoms with Crippen molar-refractivity contribution in [1.82, 2.24) is 0 Å². The molecule has 0 amide bonds. The molecule has 2 aromatic carbocycles. The van der Waals surface area contributed by atoms with Crippen LogP contribution < -0.4 is 9.47 Å². The lowest BCUT2D eigenvalue weighted by molar-refractivity contribution is -0.144. The summed E-state index contributed by atoms with van der Waals surface area (Å²) in [5.74, 6) is -0.741. The van der Waals surface area contributed by atoms with E-state index in [9.17, 15) is 14.4 Å². The van der Waals surface area contributed by atoms with E-state index in [1.165, 1.54) is 0 Å². The summed E-state index contributed by atoms with van der Waals surface area (Å²) in [6, 6.07) is 9.09. The first kappa shape index (κ1) is 24.7. The van der Waals surface area contributed by atoms with Crippen LogP contribution in [0.2, 0.25) is 0 Å². The molecule has 0 heterocycles. The van der Waals surface area contributed by atoms with Crippen molar-refractivity contribution in [1.29, 1.82) is 0 Å². The van der Waals surface area contributed by atoms with Crippen LogP contribution in [0, 0.1) is 6.92 Å². The topological polar surface area (TPSA) is 78.9 Å². The summed E-state index contributed by atoms with van der Waals surface area (Å²) in [7, 11) is 0. The zero-order valence-electron chi connectivity index (χ0n) is 19.9. The number of benzene rings is 2. The first-order chi connectivity index (χ1) is 16.0. The molecule has 6 nitrogen and oxygen atoms in total. The molecule has 3 rings (SSSR count). The van der Waals surface area contributed by atoms with Crippen LogP contribution >= 0.6 is 0 Å². The molecule has 1 unspecified atom stereocenters. The van der Waals surface area contributed by atoms with Gasteiger partial charge < -0.3 is 14.2 Å². The van der Waals surface area contributed by atoms with Crippen molar-refractivity contribution in [2.24, 2.45) is 0 Å². The van der Waals surface area contributed by atoms with Crippen LogP contribution in [0.25, 0.3) is 11.1 Å². The Morgan fingerprint density at radius 3 is 1.94 bits per heavy atom. The molecule has 0 radical (unpaired) electrons. The van der Waals surface area contributed by atoms with E-state index in [0.29, 0.717) is 41.1 Å². The number of rotatable bonds is 7. The maximum absolute atomic E-state index is 12.2. The van der Waals surface area contributed by atoms with Gasteiger partial charge in [-0.25, -0.2) is 14.4 Å². The van der Waals surface area contributed by atoms with Gasteiger partial charge in [0.05, 0.1) is 0 Å². The van der Waals surface area contributed by atoms with Crippen molar-refractivity contribution >= 4 is 17.9 Å². The third kappa shape index (κ3) is 5.17. The number of hydrogen-bond acceptors (Lipinski definition) is 6. The third-order valence-corrected chi connectivity index (χ3v) is 5.48. The average Bonchev–Trinajstić information content (AvgIpc) is 3.19. The zero-order chi connectivity index (χ0) is 25.2. The molecule has 1 atom stereocenters. The van der Waals surface area contributed by atoms with Gasteiger partial charge >= 0.3 is 17.9 Å². The minimum atomic E-state index is -0.566. The predicted octanol–water partition coefficient (Wildman–Crippen LogP) is 5.73. The molecule has 0 saturated heterocycles. The van der Waals surface area contributed by atoms with Crippen LogP contribution in [-0.4, -0.2) is 17.9 Å². The lowest BCUT2D eigenvalue weighted by atomic mass is 9.94. The number of carbonyl (C=O) groups excluding carboxylic acids is 3. The van der Waals surface area contributed by atoms with Crippen LogP contribution in [0.1, 0.15) is 50.0 Å². The fourth-order valence-corrected chi connectivity index (χ4v) is 3.70. The second-order valence-corrected chi connectivity index (χ2v) is 8.54. The fraction of sp³-hybridized carbons (Fsp3) is 0.250. The Morgan fingerprint density at radius 1 is 0.824 bits per heavy atom. The maximum atomic E-state index is 12.2. The Bertz CT molecular complexity index is 1230. The number of aryl methyl sites for hydroxylation is 1. The highest BCUT2D eigenvalue weighted by Crippen LogP contribution is 2.45. The van der Waals surface area contributed by atoms with Crippen molar-refractivity contribution in [3.05, 3.63) is 83.5 Å². The summed E-state index contributed by atoms with van der Waals surface area (Å²) in [5.41, 5.74) is 5.06. The van der Waals surface area contributed by atoms with Gasteiger partial charge in [-0.15, -0.1) is 0 Å². The zero-order valence-corrected chi connectivity index (χ0v) is 19.9. The smallest absolute Gasteiger partial charge is 0.338 e. The second-order valence-electron chi connectivity index (χ2n) is 8.54. The van der Waals surface area contributed by atoms with Gasteiger partial charge in [-0.2, -0.15) is 0 Å². The van der Waals surface area contributed by atoms with E-state index in [1.54, 1.807) is 32.9 Å². The Balaban J connectivity index is 2.05. The quantitative estimate of drug-likeness (QED) is 0.298. The SMILES string of the molecule is C=C(C)C(=O)Oc1ccc(-c2ccc(OC(=O)C(=C)C)c3c2CCC3OC(=O)C(=C)C)cc1C. The largest absolute Gasteiger partial charge is 0.454 e. The van der Waals surface area contributed by atoms with Crippen molar-refractivity contribution in [2.75, 3.05) is 0 Å². The molecule has 0 aliphatic heterocycles. The maximum Gasteiger partial charge on any atom is 0.338 e. The van der Waals surface area contributed by atoms with Gasteiger partial charge in [-0.05, 0) is 81.0 Å². The molecular weight excluding hydrogens is 432 g/mol. The highest BCUT2D eigenvalue weighted by molar-refractivity contribution is 5.90. The monoisotopic (exact) mass is 460 g/mol. The Labute approximate surface area is 199 Å². The van der Waals surface area contributed by atoms with E-state index >= 15 is 0 Å². The molecule has 6 heteroatoms. The molecular formula is C28H28O6. The van der Waals surface area contributed by atoms with Gasteiger partial charge in [-0.1, -0.05) is 31.9 Å². The van der Waals surface area contributed by atoms with Crippen molar-refractivity contribution < 1.29 is 28.6 Å². The molecule has 176 valence electrons. The standard InChI is InChI=1S/C28H28O6/c1-15(2)26(29)32-22-11-8-19(14-18(22)7)20-9-12-23(33-27(30)16(3)4)25-21(20)10-13-24(25)34-28(31)17(5)6/h8-9,11-12,14,24H,1,3,5,10,13H2,2,4,6-7H3. The van der Waals surface area contributed by atoms with Crippen LogP contribution in [0.5, 0.6) is 11.5 Å². The van der Waals surface area contributed by atoms with E-state index in [-0.39, 0.29) is 5.57 Å². The Kier molecular flexibility index (Phi) is 7.20. The minimum Gasteiger partial charge on any atom is -0.454 e. The number of esters is 3. The van der Waals surface area contributed by atoms with E-state index in [0.717, 1.165) is 22.3 Å². The molecule has 0 bridgehead atoms. The highest BCUT2D eigenvalue weighted by atomic mass is 16.6. The molecule has 0 fully saturated rings. The summed E-state index contributed by atoms with van der Waals surface area (Å²) < 4.78 is 16.6. The number of ether oxygens (including phenoxy) is 3. The van der Waals surface area contributed by atoms with Crippen LogP contribution in [0.4, 0.5) is 0 Å². The van der Waals surface area contributed by atoms with Crippen molar-refractivity contribution in [2.45, 2.75) is 46.6 Å². The van der Waals surface area contributed by atoms with E-state index in [2.05, 4.69) is 19.7 Å². The lowest BCUT2D eigenvalue weighted by Gasteiger charge is -2.19. The molecule has 34 heavy (non-hydrogen) atoms. The molecule has 0 saturated carbocycles.